The molecule has 1 atom stereocenters. The predicted octanol–water partition coefficient (Wildman–Crippen LogP) is 3.36. The molecule has 2 rings (SSSR count). The van der Waals surface area contributed by atoms with Crippen molar-refractivity contribution in [2.24, 2.45) is 0 Å². The lowest BCUT2D eigenvalue weighted by molar-refractivity contribution is 0.0933. The van der Waals surface area contributed by atoms with Crippen LogP contribution in [0.3, 0.4) is 0 Å². The minimum Gasteiger partial charge on any atom is -0.493 e. The summed E-state index contributed by atoms with van der Waals surface area (Å²) in [6.45, 7) is 8.45. The number of hydrogen-bond donors (Lipinski definition) is 1. The van der Waals surface area contributed by atoms with Crippen molar-refractivity contribution in [1.29, 1.82) is 0 Å². The molecular formula is C18H25N3O3. The van der Waals surface area contributed by atoms with Crippen LogP contribution in [0.1, 0.15) is 55.8 Å². The molecule has 0 spiro atoms. The van der Waals surface area contributed by atoms with Gasteiger partial charge in [-0.1, -0.05) is 6.07 Å². The van der Waals surface area contributed by atoms with Crippen LogP contribution in [-0.2, 0) is 0 Å². The number of amides is 1. The van der Waals surface area contributed by atoms with Gasteiger partial charge in [0.15, 0.2) is 11.5 Å². The van der Waals surface area contributed by atoms with Crippen LogP contribution in [0.15, 0.2) is 30.5 Å². The molecule has 0 fully saturated rings. The highest BCUT2D eigenvalue weighted by Gasteiger charge is 2.16. The molecule has 2 aromatic rings. The maximum atomic E-state index is 12.3. The summed E-state index contributed by atoms with van der Waals surface area (Å²) in [4.78, 5) is 12.3. The fraction of sp³-hybridized carbons (Fsp3) is 0.444. The number of rotatable bonds is 7. The molecule has 130 valence electrons. The molecule has 6 heteroatoms. The lowest BCUT2D eigenvalue weighted by Crippen LogP contribution is -2.27. The Labute approximate surface area is 142 Å². The van der Waals surface area contributed by atoms with Crippen molar-refractivity contribution >= 4 is 5.91 Å². The van der Waals surface area contributed by atoms with E-state index in [1.807, 2.05) is 52.1 Å². The van der Waals surface area contributed by atoms with Crippen molar-refractivity contribution in [3.05, 3.63) is 41.7 Å². The minimum atomic E-state index is -0.199. The van der Waals surface area contributed by atoms with E-state index in [0.717, 1.165) is 5.56 Å². The number of benzene rings is 1. The Bertz CT molecular complexity index is 695. The summed E-state index contributed by atoms with van der Waals surface area (Å²) in [5, 5.41) is 7.24. The molecule has 1 heterocycles. The SMILES string of the molecule is CCOc1ccc(C(C)NC(=O)c2ccn(C(C)C)n2)cc1OC. The lowest BCUT2D eigenvalue weighted by atomic mass is 10.1. The first kappa shape index (κ1) is 17.8. The van der Waals surface area contributed by atoms with Crippen LogP contribution in [0, 0.1) is 0 Å². The maximum Gasteiger partial charge on any atom is 0.272 e. The van der Waals surface area contributed by atoms with Crippen molar-refractivity contribution in [2.75, 3.05) is 13.7 Å². The number of methoxy groups -OCH3 is 1. The molecule has 0 radical (unpaired) electrons. The molecule has 1 aromatic carbocycles. The Morgan fingerprint density at radius 2 is 2.00 bits per heavy atom. The van der Waals surface area contributed by atoms with Gasteiger partial charge >= 0.3 is 0 Å². The van der Waals surface area contributed by atoms with E-state index in [1.54, 1.807) is 17.9 Å². The summed E-state index contributed by atoms with van der Waals surface area (Å²) >= 11 is 0. The highest BCUT2D eigenvalue weighted by Crippen LogP contribution is 2.30. The van der Waals surface area contributed by atoms with Gasteiger partial charge < -0.3 is 14.8 Å². The van der Waals surface area contributed by atoms with Crippen LogP contribution in [0.2, 0.25) is 0 Å². The number of nitrogens with zero attached hydrogens (tertiary/aromatic N) is 2. The topological polar surface area (TPSA) is 65.4 Å². The Morgan fingerprint density at radius 3 is 2.58 bits per heavy atom. The fourth-order valence-corrected chi connectivity index (χ4v) is 2.33. The van der Waals surface area contributed by atoms with E-state index in [9.17, 15) is 4.79 Å². The molecule has 0 saturated heterocycles. The number of nitrogens with one attached hydrogen (secondary N) is 1. The third kappa shape index (κ3) is 4.07. The van der Waals surface area contributed by atoms with Crippen molar-refractivity contribution in [1.82, 2.24) is 15.1 Å². The van der Waals surface area contributed by atoms with E-state index in [1.165, 1.54) is 0 Å². The second-order valence-corrected chi connectivity index (χ2v) is 5.81. The lowest BCUT2D eigenvalue weighted by Gasteiger charge is -2.16. The summed E-state index contributed by atoms with van der Waals surface area (Å²) in [7, 11) is 1.60. The van der Waals surface area contributed by atoms with E-state index in [0.29, 0.717) is 23.8 Å². The van der Waals surface area contributed by atoms with Gasteiger partial charge in [-0.3, -0.25) is 9.48 Å². The summed E-state index contributed by atoms with van der Waals surface area (Å²) in [5.41, 5.74) is 1.35. The molecule has 24 heavy (non-hydrogen) atoms. The van der Waals surface area contributed by atoms with Crippen LogP contribution in [0.25, 0.3) is 0 Å². The molecule has 0 bridgehead atoms. The molecule has 6 nitrogen and oxygen atoms in total. The zero-order valence-corrected chi connectivity index (χ0v) is 14.9. The average molecular weight is 331 g/mol. The van der Waals surface area contributed by atoms with Gasteiger partial charge in [-0.25, -0.2) is 0 Å². The monoisotopic (exact) mass is 331 g/mol. The van der Waals surface area contributed by atoms with Gasteiger partial charge in [0.2, 0.25) is 0 Å². The second-order valence-electron chi connectivity index (χ2n) is 5.81. The second kappa shape index (κ2) is 7.86. The van der Waals surface area contributed by atoms with Crippen LogP contribution < -0.4 is 14.8 Å². The quantitative estimate of drug-likeness (QED) is 0.845. The van der Waals surface area contributed by atoms with Gasteiger partial charge in [0.25, 0.3) is 5.91 Å². The van der Waals surface area contributed by atoms with Gasteiger partial charge in [0.05, 0.1) is 19.8 Å². The summed E-state index contributed by atoms with van der Waals surface area (Å²) in [6, 6.07) is 7.42. The Hall–Kier alpha value is -2.50. The third-order valence-corrected chi connectivity index (χ3v) is 3.71. The highest BCUT2D eigenvalue weighted by molar-refractivity contribution is 5.92. The molecule has 1 amide bonds. The molecule has 1 aromatic heterocycles. The van der Waals surface area contributed by atoms with Crippen LogP contribution in [0.5, 0.6) is 11.5 Å². The summed E-state index contributed by atoms with van der Waals surface area (Å²) in [5.74, 6) is 1.15. The fourth-order valence-electron chi connectivity index (χ4n) is 2.33. The summed E-state index contributed by atoms with van der Waals surface area (Å²) < 4.78 is 12.6. The van der Waals surface area contributed by atoms with Crippen molar-refractivity contribution in [3.8, 4) is 11.5 Å². The molecule has 1 unspecified atom stereocenters. The normalized spacial score (nSPS) is 12.1. The first-order valence-corrected chi connectivity index (χ1v) is 8.13. The number of carbonyl (C=O) groups excluding carboxylic acids is 1. The standard InChI is InChI=1S/C18H25N3O3/c1-6-24-16-8-7-14(11-17(16)23-5)13(4)19-18(22)15-9-10-21(20-15)12(2)3/h7-13H,6H2,1-5H3,(H,19,22). The Kier molecular flexibility index (Phi) is 5.84. The van der Waals surface area contributed by atoms with Gasteiger partial charge in [0.1, 0.15) is 5.69 Å². The van der Waals surface area contributed by atoms with Gasteiger partial charge in [-0.05, 0) is 51.5 Å². The smallest absolute Gasteiger partial charge is 0.272 e. The molecule has 0 aliphatic heterocycles. The van der Waals surface area contributed by atoms with E-state index < -0.39 is 0 Å². The molecule has 0 aliphatic carbocycles. The first-order valence-electron chi connectivity index (χ1n) is 8.13. The van der Waals surface area contributed by atoms with Gasteiger partial charge in [-0.15, -0.1) is 0 Å². The van der Waals surface area contributed by atoms with Gasteiger partial charge in [0, 0.05) is 12.2 Å². The number of carbonyl (C=O) groups is 1. The van der Waals surface area contributed by atoms with E-state index in [-0.39, 0.29) is 18.0 Å². The maximum absolute atomic E-state index is 12.3. The zero-order chi connectivity index (χ0) is 17.7. The first-order chi connectivity index (χ1) is 11.5. The zero-order valence-electron chi connectivity index (χ0n) is 14.9. The largest absolute Gasteiger partial charge is 0.493 e. The molecule has 1 N–H and O–H groups in total. The number of aromatic nitrogens is 2. The number of hydrogen-bond acceptors (Lipinski definition) is 4. The Morgan fingerprint density at radius 1 is 1.25 bits per heavy atom. The minimum absolute atomic E-state index is 0.175. The van der Waals surface area contributed by atoms with Crippen molar-refractivity contribution in [3.63, 3.8) is 0 Å². The van der Waals surface area contributed by atoms with E-state index in [2.05, 4.69) is 10.4 Å². The van der Waals surface area contributed by atoms with E-state index in [4.69, 9.17) is 9.47 Å². The third-order valence-electron chi connectivity index (χ3n) is 3.71. The van der Waals surface area contributed by atoms with E-state index >= 15 is 0 Å². The van der Waals surface area contributed by atoms with Crippen molar-refractivity contribution < 1.29 is 14.3 Å². The number of ether oxygens (including phenoxy) is 2. The predicted molar refractivity (Wildman–Crippen MR) is 92.7 cm³/mol. The van der Waals surface area contributed by atoms with Crippen LogP contribution >= 0.6 is 0 Å². The Balaban J connectivity index is 2.10. The molecule has 0 aliphatic rings. The molecular weight excluding hydrogens is 306 g/mol. The van der Waals surface area contributed by atoms with Gasteiger partial charge in [-0.2, -0.15) is 5.10 Å². The highest BCUT2D eigenvalue weighted by atomic mass is 16.5. The summed E-state index contributed by atoms with van der Waals surface area (Å²) in [6.07, 6.45) is 1.81. The average Bonchev–Trinajstić information content (AvgIpc) is 3.05. The molecule has 0 saturated carbocycles. The van der Waals surface area contributed by atoms with Crippen LogP contribution in [-0.4, -0.2) is 29.4 Å². The van der Waals surface area contributed by atoms with Crippen LogP contribution in [0.4, 0.5) is 0 Å². The van der Waals surface area contributed by atoms with Crippen molar-refractivity contribution in [2.45, 2.75) is 39.8 Å².